The first-order valence-corrected chi connectivity index (χ1v) is 5.30. The molecule has 0 unspecified atom stereocenters. The van der Waals surface area contributed by atoms with E-state index in [1.807, 2.05) is 12.1 Å². The van der Waals surface area contributed by atoms with Gasteiger partial charge in [-0.25, -0.2) is 0 Å². The van der Waals surface area contributed by atoms with Crippen LogP contribution in [0.4, 0.5) is 5.69 Å². The topological polar surface area (TPSA) is 23.5 Å². The van der Waals surface area contributed by atoms with Crippen molar-refractivity contribution in [3.05, 3.63) is 22.7 Å². The molecule has 1 N–H and O–H groups in total. The summed E-state index contributed by atoms with van der Waals surface area (Å²) in [6.45, 7) is 2.12. The molecule has 0 aromatic heterocycles. The molecule has 0 radical (unpaired) electrons. The first kappa shape index (κ1) is 8.88. The second kappa shape index (κ2) is 3.58. The minimum absolute atomic E-state index is 0.380. The third kappa shape index (κ3) is 1.80. The van der Waals surface area contributed by atoms with Crippen molar-refractivity contribution < 1.29 is 5.11 Å². The Morgan fingerprint density at radius 2 is 1.92 bits per heavy atom. The number of aromatic hydroxyl groups is 1. The highest BCUT2D eigenvalue weighted by Crippen LogP contribution is 2.32. The third-order valence-electron chi connectivity index (χ3n) is 2.38. The summed E-state index contributed by atoms with van der Waals surface area (Å²) < 4.78 is 1.02. The molecule has 0 amide bonds. The van der Waals surface area contributed by atoms with Gasteiger partial charge in [0.05, 0.1) is 5.69 Å². The van der Waals surface area contributed by atoms with Gasteiger partial charge in [-0.1, -0.05) is 15.9 Å². The van der Waals surface area contributed by atoms with E-state index in [4.69, 9.17) is 0 Å². The van der Waals surface area contributed by atoms with Crippen LogP contribution >= 0.6 is 15.9 Å². The Hall–Kier alpha value is -0.700. The first-order chi connectivity index (χ1) is 6.27. The molecule has 1 aromatic rings. The van der Waals surface area contributed by atoms with Crippen LogP contribution in [0.2, 0.25) is 0 Å². The molecule has 0 spiro atoms. The maximum Gasteiger partial charge on any atom is 0.138 e. The van der Waals surface area contributed by atoms with Gasteiger partial charge >= 0.3 is 0 Å². The van der Waals surface area contributed by atoms with Gasteiger partial charge in [0, 0.05) is 17.6 Å². The van der Waals surface area contributed by atoms with E-state index in [2.05, 4.69) is 20.8 Å². The Morgan fingerprint density at radius 3 is 2.62 bits per heavy atom. The predicted octanol–water partition coefficient (Wildman–Crippen LogP) is 2.75. The van der Waals surface area contributed by atoms with Crippen LogP contribution in [0.25, 0.3) is 0 Å². The van der Waals surface area contributed by atoms with Gasteiger partial charge in [0.15, 0.2) is 0 Å². The second-order valence-electron chi connectivity index (χ2n) is 3.33. The van der Waals surface area contributed by atoms with Crippen molar-refractivity contribution in [3.63, 3.8) is 0 Å². The van der Waals surface area contributed by atoms with Crippen LogP contribution in [0.1, 0.15) is 12.8 Å². The zero-order valence-corrected chi connectivity index (χ0v) is 8.92. The molecule has 0 atom stereocenters. The van der Waals surface area contributed by atoms with Gasteiger partial charge in [0.25, 0.3) is 0 Å². The van der Waals surface area contributed by atoms with Crippen LogP contribution < -0.4 is 4.90 Å². The lowest BCUT2D eigenvalue weighted by molar-refractivity contribution is 0.475. The third-order valence-corrected chi connectivity index (χ3v) is 2.88. The van der Waals surface area contributed by atoms with E-state index < -0.39 is 0 Å². The summed E-state index contributed by atoms with van der Waals surface area (Å²) in [6, 6.07) is 5.56. The molecule has 70 valence electrons. The van der Waals surface area contributed by atoms with E-state index in [9.17, 15) is 5.11 Å². The van der Waals surface area contributed by atoms with Gasteiger partial charge in [0.2, 0.25) is 0 Å². The average Bonchev–Trinajstić information content (AvgIpc) is 2.61. The zero-order valence-electron chi connectivity index (χ0n) is 7.33. The molecule has 0 saturated carbocycles. The predicted molar refractivity (Wildman–Crippen MR) is 57.3 cm³/mol. The van der Waals surface area contributed by atoms with E-state index in [1.54, 1.807) is 6.07 Å². The number of rotatable bonds is 1. The molecular weight excluding hydrogens is 230 g/mol. The summed E-state index contributed by atoms with van der Waals surface area (Å²) in [6.07, 6.45) is 2.46. The van der Waals surface area contributed by atoms with Crippen molar-refractivity contribution in [2.24, 2.45) is 0 Å². The average molecular weight is 242 g/mol. The smallest absolute Gasteiger partial charge is 0.138 e. The summed E-state index contributed by atoms with van der Waals surface area (Å²) in [5.41, 5.74) is 0.951. The molecule has 0 aliphatic carbocycles. The largest absolute Gasteiger partial charge is 0.506 e. The van der Waals surface area contributed by atoms with Crippen LogP contribution in [0.5, 0.6) is 5.75 Å². The summed E-state index contributed by atoms with van der Waals surface area (Å²) in [5.74, 6) is 0.380. The molecule has 2 nitrogen and oxygen atoms in total. The summed E-state index contributed by atoms with van der Waals surface area (Å²) in [7, 11) is 0. The highest BCUT2D eigenvalue weighted by atomic mass is 79.9. The molecule has 1 aliphatic rings. The van der Waals surface area contributed by atoms with Crippen molar-refractivity contribution in [2.75, 3.05) is 18.0 Å². The van der Waals surface area contributed by atoms with E-state index in [0.717, 1.165) is 23.2 Å². The summed E-state index contributed by atoms with van der Waals surface area (Å²) >= 11 is 3.41. The highest BCUT2D eigenvalue weighted by molar-refractivity contribution is 9.10. The Balaban J connectivity index is 2.32. The van der Waals surface area contributed by atoms with Crippen molar-refractivity contribution in [1.29, 1.82) is 0 Å². The van der Waals surface area contributed by atoms with Gasteiger partial charge in [-0.3, -0.25) is 0 Å². The van der Waals surface area contributed by atoms with Crippen LogP contribution in [-0.4, -0.2) is 18.2 Å². The van der Waals surface area contributed by atoms with Gasteiger partial charge in [-0.05, 0) is 31.0 Å². The minimum atomic E-state index is 0.380. The number of phenolic OH excluding ortho intramolecular Hbond substituents is 1. The van der Waals surface area contributed by atoms with E-state index in [1.165, 1.54) is 12.8 Å². The molecule has 1 fully saturated rings. The minimum Gasteiger partial charge on any atom is -0.506 e. The standard InChI is InChI=1S/C10H12BrNO/c11-8-3-4-10(13)9(7-8)12-5-1-2-6-12/h3-4,7,13H,1-2,5-6H2. The number of halogens is 1. The fraction of sp³-hybridized carbons (Fsp3) is 0.400. The maximum absolute atomic E-state index is 9.63. The number of anilines is 1. The molecule has 2 rings (SSSR count). The van der Waals surface area contributed by atoms with Crippen LogP contribution in [0.3, 0.4) is 0 Å². The van der Waals surface area contributed by atoms with E-state index in [-0.39, 0.29) is 0 Å². The Kier molecular flexibility index (Phi) is 2.44. The van der Waals surface area contributed by atoms with E-state index >= 15 is 0 Å². The SMILES string of the molecule is Oc1ccc(Br)cc1N1CCCC1. The fourth-order valence-corrected chi connectivity index (χ4v) is 2.06. The Bertz CT molecular complexity index is 308. The van der Waals surface area contributed by atoms with Crippen LogP contribution in [0, 0.1) is 0 Å². The first-order valence-electron chi connectivity index (χ1n) is 4.51. The molecule has 3 heteroatoms. The second-order valence-corrected chi connectivity index (χ2v) is 4.24. The van der Waals surface area contributed by atoms with Crippen molar-refractivity contribution in [1.82, 2.24) is 0 Å². The lowest BCUT2D eigenvalue weighted by Gasteiger charge is -2.18. The number of hydrogen-bond acceptors (Lipinski definition) is 2. The van der Waals surface area contributed by atoms with Gasteiger partial charge in [-0.15, -0.1) is 0 Å². The van der Waals surface area contributed by atoms with Crippen LogP contribution in [-0.2, 0) is 0 Å². The maximum atomic E-state index is 9.63. The molecular formula is C10H12BrNO. The molecule has 1 heterocycles. The lowest BCUT2D eigenvalue weighted by atomic mass is 10.3. The summed E-state index contributed by atoms with van der Waals surface area (Å²) in [4.78, 5) is 2.22. The van der Waals surface area contributed by atoms with Crippen molar-refractivity contribution in [3.8, 4) is 5.75 Å². The number of phenols is 1. The zero-order chi connectivity index (χ0) is 9.26. The normalized spacial score (nSPS) is 16.5. The van der Waals surface area contributed by atoms with Crippen molar-refractivity contribution >= 4 is 21.6 Å². The number of hydrogen-bond donors (Lipinski definition) is 1. The molecule has 13 heavy (non-hydrogen) atoms. The quantitative estimate of drug-likeness (QED) is 0.818. The van der Waals surface area contributed by atoms with Crippen LogP contribution in [0.15, 0.2) is 22.7 Å². The van der Waals surface area contributed by atoms with Gasteiger partial charge < -0.3 is 10.0 Å². The van der Waals surface area contributed by atoms with E-state index in [0.29, 0.717) is 5.75 Å². The lowest BCUT2D eigenvalue weighted by Crippen LogP contribution is -2.17. The molecule has 1 aliphatic heterocycles. The Morgan fingerprint density at radius 1 is 1.23 bits per heavy atom. The monoisotopic (exact) mass is 241 g/mol. The van der Waals surface area contributed by atoms with Gasteiger partial charge in [-0.2, -0.15) is 0 Å². The molecule has 1 saturated heterocycles. The number of benzene rings is 1. The Labute approximate surface area is 86.3 Å². The van der Waals surface area contributed by atoms with Crippen molar-refractivity contribution in [2.45, 2.75) is 12.8 Å². The molecule has 0 bridgehead atoms. The number of nitrogens with zero attached hydrogens (tertiary/aromatic N) is 1. The summed E-state index contributed by atoms with van der Waals surface area (Å²) in [5, 5.41) is 9.63. The fourth-order valence-electron chi connectivity index (χ4n) is 1.71. The highest BCUT2D eigenvalue weighted by Gasteiger charge is 2.15. The van der Waals surface area contributed by atoms with Gasteiger partial charge in [0.1, 0.15) is 5.75 Å². The molecule has 1 aromatic carbocycles.